The third-order valence-electron chi connectivity index (χ3n) is 5.10. The van der Waals surface area contributed by atoms with Crippen molar-refractivity contribution in [3.05, 3.63) is 17.5 Å². The Labute approximate surface area is 143 Å². The minimum absolute atomic E-state index is 0.204. The highest BCUT2D eigenvalue weighted by molar-refractivity contribution is 7.99. The van der Waals surface area contributed by atoms with Gasteiger partial charge >= 0.3 is 0 Å². The average Bonchev–Trinajstić information content (AvgIpc) is 2.91. The maximum Gasteiger partial charge on any atom is 0.223 e. The summed E-state index contributed by atoms with van der Waals surface area (Å²) in [6, 6.07) is 2.16. The van der Waals surface area contributed by atoms with Crippen LogP contribution in [0.25, 0.3) is 0 Å². The van der Waals surface area contributed by atoms with Gasteiger partial charge in [-0.1, -0.05) is 13.3 Å². The molecule has 0 spiro atoms. The number of hydrogen-bond acceptors (Lipinski definition) is 4. The first-order valence-corrected chi connectivity index (χ1v) is 10.0. The van der Waals surface area contributed by atoms with Crippen LogP contribution in [0, 0.1) is 5.92 Å². The van der Waals surface area contributed by atoms with Gasteiger partial charge in [-0.25, -0.2) is 0 Å². The minimum Gasteiger partial charge on any atom is -0.350 e. The minimum atomic E-state index is 0.204. The third-order valence-corrected chi connectivity index (χ3v) is 6.14. The molecule has 0 aromatic carbocycles. The van der Waals surface area contributed by atoms with E-state index in [-0.39, 0.29) is 11.8 Å². The first kappa shape index (κ1) is 16.8. The molecule has 1 fully saturated rings. The van der Waals surface area contributed by atoms with Crippen molar-refractivity contribution in [1.82, 2.24) is 20.0 Å². The first-order chi connectivity index (χ1) is 11.2. The van der Waals surface area contributed by atoms with E-state index in [1.165, 1.54) is 18.5 Å². The van der Waals surface area contributed by atoms with Crippen molar-refractivity contribution in [2.24, 2.45) is 5.92 Å². The van der Waals surface area contributed by atoms with Crippen molar-refractivity contribution in [3.8, 4) is 0 Å². The molecular weight excluding hydrogens is 308 g/mol. The van der Waals surface area contributed by atoms with E-state index in [2.05, 4.69) is 39.2 Å². The summed E-state index contributed by atoms with van der Waals surface area (Å²) in [5, 5.41) is 8.40. The lowest BCUT2D eigenvalue weighted by molar-refractivity contribution is -0.127. The quantitative estimate of drug-likeness (QED) is 0.830. The number of nitrogens with zero attached hydrogens (tertiary/aromatic N) is 3. The lowest BCUT2D eigenvalue weighted by atomic mass is 9.85. The van der Waals surface area contributed by atoms with Crippen LogP contribution in [0.3, 0.4) is 0 Å². The first-order valence-electron chi connectivity index (χ1n) is 8.74. The number of carbonyl (C=O) groups is 1. The topological polar surface area (TPSA) is 50.2 Å². The monoisotopic (exact) mass is 336 g/mol. The van der Waals surface area contributed by atoms with Crippen molar-refractivity contribution < 1.29 is 4.79 Å². The molecule has 1 amide bonds. The summed E-state index contributed by atoms with van der Waals surface area (Å²) in [4.78, 5) is 14.4. The second kappa shape index (κ2) is 7.71. The number of aromatic nitrogens is 2. The molecule has 128 valence electrons. The largest absolute Gasteiger partial charge is 0.350 e. The van der Waals surface area contributed by atoms with Gasteiger partial charge in [-0.15, -0.1) is 0 Å². The van der Waals surface area contributed by atoms with Crippen molar-refractivity contribution in [2.75, 3.05) is 19.3 Å². The molecule has 3 rings (SSSR count). The fourth-order valence-electron chi connectivity index (χ4n) is 3.13. The van der Waals surface area contributed by atoms with Crippen LogP contribution in [0.1, 0.15) is 44.0 Å². The SMILES string of the molecule is CS[C@H](C)CCN1CCn2nc(CNC(=O)C3CCC3)cc2C1. The number of rotatable bonds is 7. The van der Waals surface area contributed by atoms with Gasteiger partial charge < -0.3 is 5.32 Å². The molecule has 1 aliphatic carbocycles. The van der Waals surface area contributed by atoms with Crippen LogP contribution in [0.15, 0.2) is 6.07 Å². The van der Waals surface area contributed by atoms with E-state index in [1.54, 1.807) is 0 Å². The molecule has 2 aliphatic rings. The normalized spacial score (nSPS) is 19.9. The molecule has 0 saturated heterocycles. The Morgan fingerprint density at radius 2 is 2.30 bits per heavy atom. The maximum atomic E-state index is 11.9. The van der Waals surface area contributed by atoms with E-state index in [0.717, 1.165) is 50.0 Å². The fraction of sp³-hybridized carbons (Fsp3) is 0.765. The van der Waals surface area contributed by atoms with Crippen LogP contribution in [-0.2, 0) is 24.4 Å². The zero-order chi connectivity index (χ0) is 16.2. The standard InChI is InChI=1S/C17H28N4OS/c1-13(23-2)6-7-20-8-9-21-16(12-20)10-15(19-21)11-18-17(22)14-4-3-5-14/h10,13-14H,3-9,11-12H2,1-2H3,(H,18,22)/t13-/m1/s1. The van der Waals surface area contributed by atoms with Gasteiger partial charge in [0.15, 0.2) is 0 Å². The molecule has 1 aromatic heterocycles. The number of fused-ring (bicyclic) bond motifs is 1. The van der Waals surface area contributed by atoms with Crippen LogP contribution in [0.2, 0.25) is 0 Å². The predicted molar refractivity (Wildman–Crippen MR) is 94.3 cm³/mol. The van der Waals surface area contributed by atoms with Crippen molar-refractivity contribution >= 4 is 17.7 Å². The van der Waals surface area contributed by atoms with Gasteiger partial charge in [-0.2, -0.15) is 16.9 Å². The van der Waals surface area contributed by atoms with Gasteiger partial charge in [-0.05, 0) is 38.1 Å². The van der Waals surface area contributed by atoms with Crippen LogP contribution in [-0.4, -0.2) is 45.2 Å². The second-order valence-electron chi connectivity index (χ2n) is 6.81. The maximum absolute atomic E-state index is 11.9. The Balaban J connectivity index is 1.48. The van der Waals surface area contributed by atoms with E-state index in [9.17, 15) is 4.79 Å². The summed E-state index contributed by atoms with van der Waals surface area (Å²) < 4.78 is 2.11. The number of hydrogen-bond donors (Lipinski definition) is 1. The Kier molecular flexibility index (Phi) is 5.64. The van der Waals surface area contributed by atoms with E-state index in [0.29, 0.717) is 6.54 Å². The van der Waals surface area contributed by atoms with Crippen molar-refractivity contribution in [3.63, 3.8) is 0 Å². The number of thioether (sulfide) groups is 1. The average molecular weight is 337 g/mol. The lowest BCUT2D eigenvalue weighted by Gasteiger charge is -2.28. The molecule has 6 heteroatoms. The molecule has 1 aliphatic heterocycles. The lowest BCUT2D eigenvalue weighted by Crippen LogP contribution is -2.35. The number of nitrogens with one attached hydrogen (secondary N) is 1. The summed E-state index contributed by atoms with van der Waals surface area (Å²) in [5.41, 5.74) is 2.27. The van der Waals surface area contributed by atoms with Crippen molar-refractivity contribution in [2.45, 2.75) is 57.5 Å². The van der Waals surface area contributed by atoms with Gasteiger partial charge in [0.25, 0.3) is 0 Å². The van der Waals surface area contributed by atoms with Crippen LogP contribution < -0.4 is 5.32 Å². The van der Waals surface area contributed by atoms with Gasteiger partial charge in [0.1, 0.15) is 0 Å². The molecule has 0 unspecified atom stereocenters. The smallest absolute Gasteiger partial charge is 0.223 e. The zero-order valence-corrected chi connectivity index (χ0v) is 15.1. The van der Waals surface area contributed by atoms with Gasteiger partial charge in [0, 0.05) is 24.3 Å². The highest BCUT2D eigenvalue weighted by atomic mass is 32.2. The summed E-state index contributed by atoms with van der Waals surface area (Å²) in [6.07, 6.45) is 6.71. The van der Waals surface area contributed by atoms with Gasteiger partial charge in [0.2, 0.25) is 5.91 Å². The molecule has 1 atom stereocenters. The Morgan fingerprint density at radius 1 is 1.48 bits per heavy atom. The van der Waals surface area contributed by atoms with E-state index < -0.39 is 0 Å². The number of carbonyl (C=O) groups excluding carboxylic acids is 1. The van der Waals surface area contributed by atoms with Crippen LogP contribution in [0.4, 0.5) is 0 Å². The molecule has 23 heavy (non-hydrogen) atoms. The number of amides is 1. The van der Waals surface area contributed by atoms with E-state index in [1.807, 2.05) is 11.8 Å². The second-order valence-corrected chi connectivity index (χ2v) is 8.08. The highest BCUT2D eigenvalue weighted by Crippen LogP contribution is 2.26. The molecule has 5 nitrogen and oxygen atoms in total. The molecule has 0 radical (unpaired) electrons. The van der Waals surface area contributed by atoms with Gasteiger partial charge in [-0.3, -0.25) is 14.4 Å². The van der Waals surface area contributed by atoms with Crippen molar-refractivity contribution in [1.29, 1.82) is 0 Å². The summed E-state index contributed by atoms with van der Waals surface area (Å²) in [6.45, 7) is 7.02. The summed E-state index contributed by atoms with van der Waals surface area (Å²) in [5.74, 6) is 0.455. The Bertz CT molecular complexity index is 541. The molecular formula is C17H28N4OS. The Hall–Kier alpha value is -1.01. The Morgan fingerprint density at radius 3 is 3.00 bits per heavy atom. The molecule has 1 saturated carbocycles. The fourth-order valence-corrected chi connectivity index (χ4v) is 3.47. The van der Waals surface area contributed by atoms with E-state index >= 15 is 0 Å². The summed E-state index contributed by atoms with van der Waals surface area (Å²) in [7, 11) is 0. The molecule has 0 bridgehead atoms. The predicted octanol–water partition coefficient (Wildman–Crippen LogP) is 2.26. The van der Waals surface area contributed by atoms with Crippen LogP contribution in [0.5, 0.6) is 0 Å². The molecule has 1 N–H and O–H groups in total. The molecule has 2 heterocycles. The molecule has 1 aromatic rings. The van der Waals surface area contributed by atoms with Crippen LogP contribution >= 0.6 is 11.8 Å². The third kappa shape index (κ3) is 4.29. The van der Waals surface area contributed by atoms with Gasteiger partial charge in [0.05, 0.1) is 24.5 Å². The van der Waals surface area contributed by atoms with E-state index in [4.69, 9.17) is 0 Å². The summed E-state index contributed by atoms with van der Waals surface area (Å²) >= 11 is 1.94. The highest BCUT2D eigenvalue weighted by Gasteiger charge is 2.25. The zero-order valence-electron chi connectivity index (χ0n) is 14.3.